The Morgan fingerprint density at radius 1 is 1.90 bits per heavy atom. The largest absolute Gasteiger partial charge is 0.326 e. The summed E-state index contributed by atoms with van der Waals surface area (Å²) in [4.78, 5) is 0. The summed E-state index contributed by atoms with van der Waals surface area (Å²) in [5.74, 6) is 0. The van der Waals surface area contributed by atoms with Crippen LogP contribution < -0.4 is 5.73 Å². The second-order valence-corrected chi connectivity index (χ2v) is 2.09. The van der Waals surface area contributed by atoms with E-state index in [0.717, 1.165) is 11.3 Å². The summed E-state index contributed by atoms with van der Waals surface area (Å²) in [5.41, 5.74) is 6.92. The van der Waals surface area contributed by atoms with E-state index in [-0.39, 0.29) is 0 Å². The van der Waals surface area contributed by atoms with E-state index in [2.05, 4.69) is 16.9 Å². The Kier molecular flexibility index (Phi) is 1.82. The second kappa shape index (κ2) is 2.62. The molecule has 0 bridgehead atoms. The third kappa shape index (κ3) is 1.22. The lowest BCUT2D eigenvalue weighted by Gasteiger charge is -1.91. The molecule has 1 heterocycles. The van der Waals surface area contributed by atoms with Crippen LogP contribution in [0.4, 0.5) is 0 Å². The Labute approximate surface area is 59.3 Å². The van der Waals surface area contributed by atoms with Crippen LogP contribution in [0, 0.1) is 0 Å². The van der Waals surface area contributed by atoms with Crippen LogP contribution >= 0.6 is 0 Å². The zero-order valence-electron chi connectivity index (χ0n) is 5.91. The first kappa shape index (κ1) is 6.95. The van der Waals surface area contributed by atoms with Gasteiger partial charge in [-0.15, -0.1) is 5.10 Å². The number of nitrogens with zero attached hydrogens (tertiary/aromatic N) is 3. The van der Waals surface area contributed by atoms with Crippen molar-refractivity contribution >= 4 is 5.57 Å². The summed E-state index contributed by atoms with van der Waals surface area (Å²) in [6, 6.07) is 0. The molecule has 4 heteroatoms. The first-order chi connectivity index (χ1) is 4.74. The highest BCUT2D eigenvalue weighted by molar-refractivity contribution is 5.60. The molecule has 0 aromatic carbocycles. The SMILES string of the molecule is C=C(CN)c1cn(C)nn1. The molecule has 0 unspecified atom stereocenters. The standard InChI is InChI=1S/C6H10N4/c1-5(3-7)6-4-10(2)9-8-6/h4H,1,3,7H2,2H3. The molecule has 0 atom stereocenters. The molecule has 2 N–H and O–H groups in total. The summed E-state index contributed by atoms with van der Waals surface area (Å²) < 4.78 is 1.62. The van der Waals surface area contributed by atoms with Crippen molar-refractivity contribution in [3.63, 3.8) is 0 Å². The van der Waals surface area contributed by atoms with Gasteiger partial charge in [0.1, 0.15) is 5.69 Å². The van der Waals surface area contributed by atoms with E-state index in [1.165, 1.54) is 0 Å². The average Bonchev–Trinajstić information content (AvgIpc) is 2.34. The smallest absolute Gasteiger partial charge is 0.109 e. The summed E-state index contributed by atoms with van der Waals surface area (Å²) in [7, 11) is 1.81. The van der Waals surface area contributed by atoms with Crippen LogP contribution in [0.1, 0.15) is 5.69 Å². The van der Waals surface area contributed by atoms with Crippen LogP contribution in [-0.4, -0.2) is 21.5 Å². The number of hydrogen-bond donors (Lipinski definition) is 1. The van der Waals surface area contributed by atoms with Crippen molar-refractivity contribution in [2.45, 2.75) is 0 Å². The highest BCUT2D eigenvalue weighted by Gasteiger charge is 1.99. The molecule has 0 aliphatic carbocycles. The van der Waals surface area contributed by atoms with Crippen LogP contribution in [-0.2, 0) is 7.05 Å². The van der Waals surface area contributed by atoms with Gasteiger partial charge in [-0.1, -0.05) is 11.8 Å². The molecule has 0 aliphatic rings. The lowest BCUT2D eigenvalue weighted by atomic mass is 10.2. The van der Waals surface area contributed by atoms with Crippen molar-refractivity contribution in [2.75, 3.05) is 6.54 Å². The molecule has 0 saturated heterocycles. The molecule has 0 saturated carbocycles. The minimum absolute atomic E-state index is 0.429. The van der Waals surface area contributed by atoms with E-state index < -0.39 is 0 Å². The molecular weight excluding hydrogens is 128 g/mol. The molecule has 1 rings (SSSR count). The van der Waals surface area contributed by atoms with Gasteiger partial charge in [0.05, 0.1) is 6.20 Å². The highest BCUT2D eigenvalue weighted by Crippen LogP contribution is 2.03. The predicted octanol–water partition coefficient (Wildman–Crippen LogP) is -0.213. The first-order valence-electron chi connectivity index (χ1n) is 2.98. The van der Waals surface area contributed by atoms with Crippen molar-refractivity contribution < 1.29 is 0 Å². The molecule has 1 aromatic rings. The van der Waals surface area contributed by atoms with Gasteiger partial charge in [0, 0.05) is 13.6 Å². The Morgan fingerprint density at radius 2 is 2.60 bits per heavy atom. The molecule has 0 amide bonds. The zero-order chi connectivity index (χ0) is 7.56. The van der Waals surface area contributed by atoms with Crippen LogP contribution in [0.2, 0.25) is 0 Å². The highest BCUT2D eigenvalue weighted by atomic mass is 15.4. The van der Waals surface area contributed by atoms with Gasteiger partial charge in [0.2, 0.25) is 0 Å². The maximum Gasteiger partial charge on any atom is 0.109 e. The fourth-order valence-electron chi connectivity index (χ4n) is 0.614. The molecule has 4 nitrogen and oxygen atoms in total. The molecule has 10 heavy (non-hydrogen) atoms. The van der Waals surface area contributed by atoms with E-state index >= 15 is 0 Å². The van der Waals surface area contributed by atoms with Crippen molar-refractivity contribution in [1.29, 1.82) is 0 Å². The van der Waals surface area contributed by atoms with Crippen LogP contribution in [0.5, 0.6) is 0 Å². The Hall–Kier alpha value is -1.16. The summed E-state index contributed by atoms with van der Waals surface area (Å²) >= 11 is 0. The quantitative estimate of drug-likeness (QED) is 0.615. The van der Waals surface area contributed by atoms with Crippen molar-refractivity contribution in [2.24, 2.45) is 12.8 Å². The summed E-state index contributed by atoms with van der Waals surface area (Å²) in [6.07, 6.45) is 1.79. The van der Waals surface area contributed by atoms with Gasteiger partial charge in [-0.3, -0.25) is 4.68 Å². The van der Waals surface area contributed by atoms with E-state index in [4.69, 9.17) is 5.73 Å². The third-order valence-corrected chi connectivity index (χ3v) is 1.21. The molecule has 1 aromatic heterocycles. The lowest BCUT2D eigenvalue weighted by Crippen LogP contribution is -2.00. The van der Waals surface area contributed by atoms with Crippen molar-refractivity contribution in [3.05, 3.63) is 18.5 Å². The van der Waals surface area contributed by atoms with Gasteiger partial charge in [-0.25, -0.2) is 0 Å². The lowest BCUT2D eigenvalue weighted by molar-refractivity contribution is 0.714. The van der Waals surface area contributed by atoms with E-state index in [1.54, 1.807) is 17.9 Å². The van der Waals surface area contributed by atoms with Gasteiger partial charge in [-0.2, -0.15) is 0 Å². The van der Waals surface area contributed by atoms with E-state index in [0.29, 0.717) is 6.54 Å². The average molecular weight is 138 g/mol. The normalized spacial score (nSPS) is 9.80. The van der Waals surface area contributed by atoms with Gasteiger partial charge in [-0.05, 0) is 5.57 Å². The zero-order valence-corrected chi connectivity index (χ0v) is 5.91. The minimum atomic E-state index is 0.429. The van der Waals surface area contributed by atoms with E-state index in [1.807, 2.05) is 0 Å². The first-order valence-corrected chi connectivity index (χ1v) is 2.98. The van der Waals surface area contributed by atoms with Gasteiger partial charge in [0.25, 0.3) is 0 Å². The molecule has 0 aliphatic heterocycles. The Bertz CT molecular complexity index is 238. The molecule has 0 radical (unpaired) electrons. The molecular formula is C6H10N4. The Balaban J connectivity index is 2.85. The maximum absolute atomic E-state index is 5.34. The number of nitrogens with two attached hydrogens (primary N) is 1. The van der Waals surface area contributed by atoms with Crippen LogP contribution in [0.3, 0.4) is 0 Å². The maximum atomic E-state index is 5.34. The Morgan fingerprint density at radius 3 is 3.00 bits per heavy atom. The fraction of sp³-hybridized carbons (Fsp3) is 0.333. The third-order valence-electron chi connectivity index (χ3n) is 1.21. The number of aromatic nitrogens is 3. The van der Waals surface area contributed by atoms with Gasteiger partial charge in [0.15, 0.2) is 0 Å². The fourth-order valence-corrected chi connectivity index (χ4v) is 0.614. The number of rotatable bonds is 2. The second-order valence-electron chi connectivity index (χ2n) is 2.09. The van der Waals surface area contributed by atoms with Crippen LogP contribution in [0.15, 0.2) is 12.8 Å². The topological polar surface area (TPSA) is 56.7 Å². The van der Waals surface area contributed by atoms with E-state index in [9.17, 15) is 0 Å². The molecule has 0 spiro atoms. The summed E-state index contributed by atoms with van der Waals surface area (Å²) in [6.45, 7) is 4.15. The monoisotopic (exact) mass is 138 g/mol. The van der Waals surface area contributed by atoms with Crippen LogP contribution in [0.25, 0.3) is 5.57 Å². The predicted molar refractivity (Wildman–Crippen MR) is 39.1 cm³/mol. The van der Waals surface area contributed by atoms with Gasteiger partial charge < -0.3 is 5.73 Å². The molecule has 0 fully saturated rings. The van der Waals surface area contributed by atoms with Crippen molar-refractivity contribution in [1.82, 2.24) is 15.0 Å². The van der Waals surface area contributed by atoms with Crippen molar-refractivity contribution in [3.8, 4) is 0 Å². The number of aryl methyl sites for hydroxylation is 1. The summed E-state index contributed by atoms with van der Waals surface area (Å²) in [5, 5.41) is 7.56. The molecule has 54 valence electrons. The van der Waals surface area contributed by atoms with Gasteiger partial charge >= 0.3 is 0 Å². The minimum Gasteiger partial charge on any atom is -0.326 e. The number of hydrogen-bond acceptors (Lipinski definition) is 3.